The highest BCUT2D eigenvalue weighted by Gasteiger charge is 2.20. The van der Waals surface area contributed by atoms with Crippen molar-refractivity contribution in [3.63, 3.8) is 0 Å². The summed E-state index contributed by atoms with van der Waals surface area (Å²) in [4.78, 5) is 2.16. The molecular formula is C14H20ClFN2O2S. The standard InChI is InChI=1S/C14H20ClFN2O2S/c15-13-2-3-14(16)12(10-13)11-17-4-1-5-18-6-8-21(19,20)9-7-18/h2-3,10,17H,1,4-9,11H2. The Bertz CT molecular complexity index is 566. The van der Waals surface area contributed by atoms with E-state index in [2.05, 4.69) is 10.2 Å². The molecule has 0 radical (unpaired) electrons. The minimum atomic E-state index is -2.81. The molecule has 1 fully saturated rings. The molecule has 0 unspecified atom stereocenters. The lowest BCUT2D eigenvalue weighted by atomic mass is 10.2. The highest BCUT2D eigenvalue weighted by atomic mass is 35.5. The van der Waals surface area contributed by atoms with Crippen molar-refractivity contribution < 1.29 is 12.8 Å². The Balaban J connectivity index is 1.63. The number of rotatable bonds is 6. The van der Waals surface area contributed by atoms with Gasteiger partial charge in [0.2, 0.25) is 0 Å². The van der Waals surface area contributed by atoms with Gasteiger partial charge in [0, 0.05) is 30.2 Å². The zero-order valence-corrected chi connectivity index (χ0v) is 13.4. The molecule has 0 spiro atoms. The van der Waals surface area contributed by atoms with Crippen LogP contribution in [0.15, 0.2) is 18.2 Å². The van der Waals surface area contributed by atoms with E-state index in [0.29, 0.717) is 30.2 Å². The maximum atomic E-state index is 13.5. The first kappa shape index (κ1) is 16.7. The molecule has 21 heavy (non-hydrogen) atoms. The summed E-state index contributed by atoms with van der Waals surface area (Å²) >= 11 is 5.83. The summed E-state index contributed by atoms with van der Waals surface area (Å²) in [6.45, 7) is 3.30. The molecule has 2 rings (SSSR count). The second-order valence-electron chi connectivity index (χ2n) is 5.26. The predicted molar refractivity (Wildman–Crippen MR) is 82.8 cm³/mol. The molecule has 0 aliphatic carbocycles. The maximum Gasteiger partial charge on any atom is 0.152 e. The summed E-state index contributed by atoms with van der Waals surface area (Å²) in [5.74, 6) is 0.260. The zero-order valence-electron chi connectivity index (χ0n) is 11.8. The molecule has 118 valence electrons. The summed E-state index contributed by atoms with van der Waals surface area (Å²) in [6, 6.07) is 4.53. The number of sulfone groups is 1. The number of hydrogen-bond donors (Lipinski definition) is 1. The monoisotopic (exact) mass is 334 g/mol. The molecule has 1 aromatic rings. The Kier molecular flexibility index (Phi) is 5.98. The largest absolute Gasteiger partial charge is 0.313 e. The minimum absolute atomic E-state index is 0.256. The van der Waals surface area contributed by atoms with Gasteiger partial charge in [-0.15, -0.1) is 0 Å². The van der Waals surface area contributed by atoms with E-state index < -0.39 is 9.84 Å². The molecule has 1 aliphatic heterocycles. The topological polar surface area (TPSA) is 49.4 Å². The first-order valence-electron chi connectivity index (χ1n) is 7.04. The third-order valence-corrected chi connectivity index (χ3v) is 5.43. The van der Waals surface area contributed by atoms with Crippen LogP contribution in [0.25, 0.3) is 0 Å². The quantitative estimate of drug-likeness (QED) is 0.804. The van der Waals surface area contributed by atoms with Gasteiger partial charge in [0.05, 0.1) is 11.5 Å². The Hall–Kier alpha value is -0.690. The Morgan fingerprint density at radius 1 is 1.29 bits per heavy atom. The van der Waals surface area contributed by atoms with Gasteiger partial charge in [-0.05, 0) is 37.7 Å². The predicted octanol–water partition coefficient (Wildman–Crippen LogP) is 1.69. The van der Waals surface area contributed by atoms with Gasteiger partial charge in [-0.25, -0.2) is 12.8 Å². The van der Waals surface area contributed by atoms with Crippen LogP contribution in [-0.4, -0.2) is 51.0 Å². The van der Waals surface area contributed by atoms with Crippen LogP contribution in [0, 0.1) is 5.82 Å². The second-order valence-corrected chi connectivity index (χ2v) is 8.00. The smallest absolute Gasteiger partial charge is 0.152 e. The van der Waals surface area contributed by atoms with Gasteiger partial charge in [-0.1, -0.05) is 11.6 Å². The summed E-state index contributed by atoms with van der Waals surface area (Å²) in [5.41, 5.74) is 0.562. The van der Waals surface area contributed by atoms with E-state index in [0.717, 1.165) is 19.5 Å². The van der Waals surface area contributed by atoms with Crippen molar-refractivity contribution in [2.24, 2.45) is 0 Å². The van der Waals surface area contributed by atoms with E-state index in [-0.39, 0.29) is 17.3 Å². The van der Waals surface area contributed by atoms with Crippen LogP contribution in [-0.2, 0) is 16.4 Å². The molecular weight excluding hydrogens is 315 g/mol. The normalized spacial score (nSPS) is 18.8. The zero-order chi connectivity index (χ0) is 15.3. The molecule has 1 N–H and O–H groups in total. The SMILES string of the molecule is O=S1(=O)CCN(CCCNCc2cc(Cl)ccc2F)CC1. The van der Waals surface area contributed by atoms with E-state index in [9.17, 15) is 12.8 Å². The highest BCUT2D eigenvalue weighted by molar-refractivity contribution is 7.91. The number of hydrogen-bond acceptors (Lipinski definition) is 4. The third kappa shape index (κ3) is 5.54. The van der Waals surface area contributed by atoms with E-state index >= 15 is 0 Å². The number of halogens is 2. The summed E-state index contributed by atoms with van der Waals surface area (Å²) in [5, 5.41) is 3.71. The maximum absolute atomic E-state index is 13.5. The van der Waals surface area contributed by atoms with Gasteiger partial charge >= 0.3 is 0 Å². The van der Waals surface area contributed by atoms with Gasteiger partial charge in [0.15, 0.2) is 9.84 Å². The van der Waals surface area contributed by atoms with Gasteiger partial charge in [-0.2, -0.15) is 0 Å². The molecule has 4 nitrogen and oxygen atoms in total. The molecule has 7 heteroatoms. The van der Waals surface area contributed by atoms with Crippen molar-refractivity contribution in [2.45, 2.75) is 13.0 Å². The molecule has 1 saturated heterocycles. The van der Waals surface area contributed by atoms with Gasteiger partial charge in [0.1, 0.15) is 5.82 Å². The highest BCUT2D eigenvalue weighted by Crippen LogP contribution is 2.14. The van der Waals surface area contributed by atoms with E-state index in [1.54, 1.807) is 6.07 Å². The van der Waals surface area contributed by atoms with Crippen LogP contribution in [0.3, 0.4) is 0 Å². The molecule has 1 aromatic carbocycles. The van der Waals surface area contributed by atoms with Crippen LogP contribution < -0.4 is 5.32 Å². The fourth-order valence-electron chi connectivity index (χ4n) is 2.30. The van der Waals surface area contributed by atoms with Crippen molar-refractivity contribution in [1.29, 1.82) is 0 Å². The molecule has 0 bridgehead atoms. The number of benzene rings is 1. The van der Waals surface area contributed by atoms with Gasteiger partial charge in [-0.3, -0.25) is 0 Å². The molecule has 0 aromatic heterocycles. The Morgan fingerprint density at radius 3 is 2.71 bits per heavy atom. The van der Waals surface area contributed by atoms with Crippen LogP contribution >= 0.6 is 11.6 Å². The van der Waals surface area contributed by atoms with Crippen molar-refractivity contribution >= 4 is 21.4 Å². The molecule has 0 saturated carbocycles. The first-order chi connectivity index (χ1) is 9.96. The molecule has 1 aliphatic rings. The fourth-order valence-corrected chi connectivity index (χ4v) is 3.77. The average Bonchev–Trinajstić information content (AvgIpc) is 2.44. The van der Waals surface area contributed by atoms with Crippen molar-refractivity contribution in [2.75, 3.05) is 37.7 Å². The lowest BCUT2D eigenvalue weighted by molar-refractivity contribution is 0.290. The third-order valence-electron chi connectivity index (χ3n) is 3.59. The van der Waals surface area contributed by atoms with E-state index in [4.69, 9.17) is 11.6 Å². The number of nitrogens with one attached hydrogen (secondary N) is 1. The summed E-state index contributed by atoms with van der Waals surface area (Å²) in [7, 11) is -2.81. The van der Waals surface area contributed by atoms with Crippen molar-refractivity contribution in [1.82, 2.24) is 10.2 Å². The van der Waals surface area contributed by atoms with Crippen LogP contribution in [0.5, 0.6) is 0 Å². The van der Waals surface area contributed by atoms with Gasteiger partial charge in [0.25, 0.3) is 0 Å². The molecule has 0 atom stereocenters. The second kappa shape index (κ2) is 7.54. The minimum Gasteiger partial charge on any atom is -0.313 e. The van der Waals surface area contributed by atoms with Gasteiger partial charge < -0.3 is 10.2 Å². The van der Waals surface area contributed by atoms with Crippen LogP contribution in [0.1, 0.15) is 12.0 Å². The summed E-state index contributed by atoms with van der Waals surface area (Å²) in [6.07, 6.45) is 0.905. The Morgan fingerprint density at radius 2 is 2.00 bits per heavy atom. The van der Waals surface area contributed by atoms with Crippen LogP contribution in [0.4, 0.5) is 4.39 Å². The fraction of sp³-hybridized carbons (Fsp3) is 0.571. The molecule has 1 heterocycles. The van der Waals surface area contributed by atoms with E-state index in [1.165, 1.54) is 12.1 Å². The average molecular weight is 335 g/mol. The van der Waals surface area contributed by atoms with Crippen molar-refractivity contribution in [3.05, 3.63) is 34.6 Å². The van der Waals surface area contributed by atoms with E-state index in [1.807, 2.05) is 0 Å². The summed E-state index contributed by atoms with van der Waals surface area (Å²) < 4.78 is 36.1. The lowest BCUT2D eigenvalue weighted by Crippen LogP contribution is -2.41. The molecule has 0 amide bonds. The number of nitrogens with zero attached hydrogens (tertiary/aromatic N) is 1. The Labute approximate surface area is 130 Å². The van der Waals surface area contributed by atoms with Crippen molar-refractivity contribution in [3.8, 4) is 0 Å². The van der Waals surface area contributed by atoms with Crippen LogP contribution in [0.2, 0.25) is 5.02 Å². The first-order valence-corrected chi connectivity index (χ1v) is 9.24. The lowest BCUT2D eigenvalue weighted by Gasteiger charge is -2.26.